The lowest BCUT2D eigenvalue weighted by Gasteiger charge is -2.38. The molecule has 0 radical (unpaired) electrons. The van der Waals surface area contributed by atoms with Crippen molar-refractivity contribution in [1.29, 1.82) is 0 Å². The van der Waals surface area contributed by atoms with Crippen LogP contribution in [0.4, 0.5) is 26.7 Å². The lowest BCUT2D eigenvalue weighted by Crippen LogP contribution is -2.58. The molecule has 0 saturated carbocycles. The summed E-state index contributed by atoms with van der Waals surface area (Å²) in [5.41, 5.74) is -1.11. The number of nitrogens with zero attached hydrogens (tertiary/aromatic N) is 4. The molecule has 2 aromatic rings. The number of imidazole rings is 1. The molecule has 13 heteroatoms. The number of aromatic nitrogens is 3. The molecule has 2 aromatic heterocycles. The Morgan fingerprint density at radius 2 is 2.00 bits per heavy atom. The molecular weight excluding hydrogens is 453 g/mol. The van der Waals surface area contributed by atoms with E-state index in [0.29, 0.717) is 16.9 Å². The summed E-state index contributed by atoms with van der Waals surface area (Å²) in [5, 5.41) is 6.38. The molecular formula is C20H26F5N5O3. The van der Waals surface area contributed by atoms with Crippen LogP contribution in [0.1, 0.15) is 38.1 Å². The summed E-state index contributed by atoms with van der Waals surface area (Å²) in [6.07, 6.45) is -2.25. The number of carbonyl (C=O) groups is 1. The van der Waals surface area contributed by atoms with Gasteiger partial charge in [0.2, 0.25) is 0 Å². The van der Waals surface area contributed by atoms with Gasteiger partial charge >= 0.3 is 12.2 Å². The van der Waals surface area contributed by atoms with E-state index in [0.717, 1.165) is 18.7 Å². The number of carbonyl (C=O) groups excluding carboxylic acids is 1. The maximum atomic E-state index is 13.9. The molecule has 3 rings (SSSR count). The lowest BCUT2D eigenvalue weighted by molar-refractivity contribution is -0.274. The standard InChI is InChI=1S/C20H26F5N5O3/c1-12(33-18(2,3)20(23,24)25)5-14-8-30-16(28-14)6-13(7-27-30)15(9-32-4)29-11-19(21,22)10-26-17(29)31/h6-8,12,15H,5,9-11H2,1-4H3,(H,26,31)/t12?,15-/m1/s1. The topological polar surface area (TPSA) is 81.0 Å². The van der Waals surface area contributed by atoms with Crippen molar-refractivity contribution in [3.63, 3.8) is 0 Å². The highest BCUT2D eigenvalue weighted by Gasteiger charge is 2.49. The van der Waals surface area contributed by atoms with Gasteiger partial charge in [0.05, 0.1) is 49.9 Å². The minimum atomic E-state index is -4.52. The van der Waals surface area contributed by atoms with Gasteiger partial charge in [-0.15, -0.1) is 0 Å². The van der Waals surface area contributed by atoms with Gasteiger partial charge in [-0.2, -0.15) is 18.3 Å². The van der Waals surface area contributed by atoms with Gasteiger partial charge in [0.15, 0.2) is 11.2 Å². The average molecular weight is 479 g/mol. The van der Waals surface area contributed by atoms with E-state index >= 15 is 0 Å². The molecule has 33 heavy (non-hydrogen) atoms. The van der Waals surface area contributed by atoms with Crippen LogP contribution in [0.5, 0.6) is 0 Å². The average Bonchev–Trinajstić information content (AvgIpc) is 3.08. The number of alkyl halides is 5. The molecule has 0 aromatic carbocycles. The maximum absolute atomic E-state index is 13.9. The second-order valence-corrected chi connectivity index (χ2v) is 8.58. The SMILES string of the molecule is COC[C@H](c1cnn2cc(CC(C)OC(C)(C)C(F)(F)F)nc2c1)N1CC(F)(F)CNC1=O. The Morgan fingerprint density at radius 1 is 1.30 bits per heavy atom. The normalized spacial score (nSPS) is 18.9. The molecule has 8 nitrogen and oxygen atoms in total. The smallest absolute Gasteiger partial charge is 0.382 e. The van der Waals surface area contributed by atoms with Gasteiger partial charge in [0.1, 0.15) is 0 Å². The van der Waals surface area contributed by atoms with Crippen molar-refractivity contribution in [3.05, 3.63) is 29.7 Å². The summed E-state index contributed by atoms with van der Waals surface area (Å²) in [7, 11) is 1.39. The zero-order valence-corrected chi connectivity index (χ0v) is 18.6. The molecule has 0 bridgehead atoms. The van der Waals surface area contributed by atoms with E-state index in [1.165, 1.54) is 24.7 Å². The van der Waals surface area contributed by atoms with Crippen LogP contribution in [0.3, 0.4) is 0 Å². The first-order valence-corrected chi connectivity index (χ1v) is 10.2. The van der Waals surface area contributed by atoms with Gasteiger partial charge < -0.3 is 19.7 Å². The monoisotopic (exact) mass is 479 g/mol. The first kappa shape index (κ1) is 25.1. The third-order valence-corrected chi connectivity index (χ3v) is 5.31. The largest absolute Gasteiger partial charge is 0.416 e. The predicted octanol–water partition coefficient (Wildman–Crippen LogP) is 3.37. The van der Waals surface area contributed by atoms with Crippen LogP contribution < -0.4 is 5.32 Å². The van der Waals surface area contributed by atoms with Crippen molar-refractivity contribution >= 4 is 11.7 Å². The Bertz CT molecular complexity index is 994. The Hall–Kier alpha value is -2.54. The van der Waals surface area contributed by atoms with Crippen molar-refractivity contribution in [2.75, 3.05) is 26.8 Å². The summed E-state index contributed by atoms with van der Waals surface area (Å²) in [5.74, 6) is -3.10. The second kappa shape index (κ2) is 9.01. The molecule has 2 atom stereocenters. The fourth-order valence-electron chi connectivity index (χ4n) is 3.59. The van der Waals surface area contributed by atoms with Crippen molar-refractivity contribution in [2.24, 2.45) is 0 Å². The highest BCUT2D eigenvalue weighted by atomic mass is 19.4. The fourth-order valence-corrected chi connectivity index (χ4v) is 3.59. The number of hydrogen-bond acceptors (Lipinski definition) is 5. The fraction of sp³-hybridized carbons (Fsp3) is 0.650. The quantitative estimate of drug-likeness (QED) is 0.588. The molecule has 184 valence electrons. The molecule has 1 saturated heterocycles. The van der Waals surface area contributed by atoms with Gasteiger partial charge in [-0.05, 0) is 26.8 Å². The van der Waals surface area contributed by atoms with Gasteiger partial charge in [0, 0.05) is 19.1 Å². The van der Waals surface area contributed by atoms with E-state index < -0.39 is 49.0 Å². The Morgan fingerprint density at radius 3 is 2.64 bits per heavy atom. The lowest BCUT2D eigenvalue weighted by atomic mass is 10.1. The number of methoxy groups -OCH3 is 1. The Kier molecular flexibility index (Phi) is 6.85. The highest BCUT2D eigenvalue weighted by Crippen LogP contribution is 2.34. The second-order valence-electron chi connectivity index (χ2n) is 8.58. The number of nitrogens with one attached hydrogen (secondary N) is 1. The van der Waals surface area contributed by atoms with Crippen LogP contribution in [-0.2, 0) is 15.9 Å². The number of amides is 2. The van der Waals surface area contributed by atoms with Gasteiger partial charge in [-0.25, -0.2) is 23.1 Å². The molecule has 2 amide bonds. The third kappa shape index (κ3) is 5.69. The Balaban J connectivity index is 1.81. The zero-order chi connectivity index (χ0) is 24.6. The van der Waals surface area contributed by atoms with Crippen molar-refractivity contribution in [2.45, 2.75) is 57.0 Å². The van der Waals surface area contributed by atoms with Crippen molar-refractivity contribution in [1.82, 2.24) is 24.8 Å². The molecule has 0 spiro atoms. The van der Waals surface area contributed by atoms with E-state index in [1.54, 1.807) is 12.3 Å². The minimum absolute atomic E-state index is 0.0493. The van der Waals surface area contributed by atoms with E-state index in [9.17, 15) is 26.7 Å². The minimum Gasteiger partial charge on any atom is -0.382 e. The summed E-state index contributed by atoms with van der Waals surface area (Å²) in [4.78, 5) is 17.6. The molecule has 1 fully saturated rings. The third-order valence-electron chi connectivity index (χ3n) is 5.31. The van der Waals surface area contributed by atoms with Crippen LogP contribution in [0, 0.1) is 0 Å². The van der Waals surface area contributed by atoms with Gasteiger partial charge in [0.25, 0.3) is 5.92 Å². The van der Waals surface area contributed by atoms with E-state index in [1.807, 2.05) is 0 Å². The van der Waals surface area contributed by atoms with Crippen LogP contribution in [0.25, 0.3) is 5.65 Å². The van der Waals surface area contributed by atoms with Crippen molar-refractivity contribution < 1.29 is 36.2 Å². The zero-order valence-electron chi connectivity index (χ0n) is 18.6. The highest BCUT2D eigenvalue weighted by molar-refractivity contribution is 5.76. The molecule has 0 aliphatic carbocycles. The first-order valence-electron chi connectivity index (χ1n) is 10.2. The number of rotatable bonds is 8. The van der Waals surface area contributed by atoms with Crippen LogP contribution in [0.15, 0.2) is 18.5 Å². The van der Waals surface area contributed by atoms with Gasteiger partial charge in [-0.3, -0.25) is 0 Å². The number of halogens is 5. The summed E-state index contributed by atoms with van der Waals surface area (Å²) >= 11 is 0. The molecule has 1 aliphatic heterocycles. The van der Waals surface area contributed by atoms with Crippen molar-refractivity contribution in [3.8, 4) is 0 Å². The predicted molar refractivity (Wildman–Crippen MR) is 107 cm³/mol. The van der Waals surface area contributed by atoms with E-state index in [4.69, 9.17) is 9.47 Å². The molecule has 1 N–H and O–H groups in total. The summed E-state index contributed by atoms with van der Waals surface area (Å²) < 4.78 is 78.7. The van der Waals surface area contributed by atoms with E-state index in [2.05, 4.69) is 15.4 Å². The number of ether oxygens (including phenoxy) is 2. The molecule has 1 aliphatic rings. The number of hydrogen-bond donors (Lipinski definition) is 1. The first-order chi connectivity index (χ1) is 15.2. The summed E-state index contributed by atoms with van der Waals surface area (Å²) in [6, 6.07) is 0.0876. The molecule has 1 unspecified atom stereocenters. The maximum Gasteiger partial charge on any atom is 0.416 e. The van der Waals surface area contributed by atoms with Crippen LogP contribution in [-0.4, -0.2) is 76.1 Å². The number of fused-ring (bicyclic) bond motifs is 1. The summed E-state index contributed by atoms with van der Waals surface area (Å²) in [6.45, 7) is 1.86. The molecule has 3 heterocycles. The number of urea groups is 1. The van der Waals surface area contributed by atoms with Crippen LogP contribution in [0.2, 0.25) is 0 Å². The van der Waals surface area contributed by atoms with E-state index in [-0.39, 0.29) is 13.0 Å². The Labute approximate surface area is 187 Å². The van der Waals surface area contributed by atoms with Gasteiger partial charge in [-0.1, -0.05) is 0 Å². The van der Waals surface area contributed by atoms with Crippen LogP contribution >= 0.6 is 0 Å².